The Balaban J connectivity index is 0.000000399. The van der Waals surface area contributed by atoms with Gasteiger partial charge in [-0.2, -0.15) is 0 Å². The van der Waals surface area contributed by atoms with E-state index >= 15 is 0 Å². The molecule has 0 aliphatic carbocycles. The second-order valence-corrected chi connectivity index (χ2v) is 3.66. The molecule has 2 aromatic rings. The molecule has 19 heavy (non-hydrogen) atoms. The van der Waals surface area contributed by atoms with Crippen LogP contribution in [0, 0.1) is 10.1 Å². The Hall–Kier alpha value is -2.83. The number of aliphatic imine (C=N–C) groups is 1. The summed E-state index contributed by atoms with van der Waals surface area (Å²) in [5.74, 6) is 0.128. The van der Waals surface area contributed by atoms with Gasteiger partial charge in [0.2, 0.25) is 0 Å². The predicted molar refractivity (Wildman–Crippen MR) is 72.2 cm³/mol. The normalized spacial score (nSPS) is 9.26. The highest BCUT2D eigenvalue weighted by molar-refractivity contribution is 5.83. The van der Waals surface area contributed by atoms with Gasteiger partial charge in [0.1, 0.15) is 0 Å². The number of rotatable bonds is 2. The van der Waals surface area contributed by atoms with E-state index in [4.69, 9.17) is 26.8 Å². The van der Waals surface area contributed by atoms with Gasteiger partial charge in [0, 0.05) is 0 Å². The van der Waals surface area contributed by atoms with Gasteiger partial charge in [0.25, 0.3) is 5.09 Å². The van der Waals surface area contributed by atoms with Crippen LogP contribution in [-0.4, -0.2) is 16.3 Å². The molecule has 100 valence electrons. The number of hydrogen-bond donors (Lipinski definition) is 3. The van der Waals surface area contributed by atoms with Gasteiger partial charge in [0.05, 0.1) is 6.54 Å². The van der Waals surface area contributed by atoms with Gasteiger partial charge in [-0.05, 0) is 22.4 Å². The Morgan fingerprint density at radius 3 is 2.37 bits per heavy atom. The molecule has 0 bridgehead atoms. The Morgan fingerprint density at radius 1 is 1.21 bits per heavy atom. The third-order valence-electron chi connectivity index (χ3n) is 2.26. The molecule has 5 N–H and O–H groups in total. The first kappa shape index (κ1) is 14.2. The van der Waals surface area contributed by atoms with Gasteiger partial charge in [-0.3, -0.25) is 0 Å². The summed E-state index contributed by atoms with van der Waals surface area (Å²) >= 11 is 0. The van der Waals surface area contributed by atoms with Crippen LogP contribution in [0.25, 0.3) is 10.8 Å². The summed E-state index contributed by atoms with van der Waals surface area (Å²) < 4.78 is 0. The van der Waals surface area contributed by atoms with Crippen LogP contribution in [0.5, 0.6) is 0 Å². The minimum Gasteiger partial charge on any atom is -0.370 e. The van der Waals surface area contributed by atoms with Crippen LogP contribution in [0.3, 0.4) is 0 Å². The fraction of sp³-hybridized carbons (Fsp3) is 0.0833. The van der Waals surface area contributed by atoms with Crippen molar-refractivity contribution in [1.29, 1.82) is 0 Å². The third-order valence-corrected chi connectivity index (χ3v) is 2.26. The number of fused-ring (bicyclic) bond motifs is 1. The summed E-state index contributed by atoms with van der Waals surface area (Å²) in [5.41, 5.74) is 11.7. The smallest absolute Gasteiger partial charge is 0.291 e. The second kappa shape index (κ2) is 6.80. The average molecular weight is 262 g/mol. The molecule has 0 atom stereocenters. The van der Waals surface area contributed by atoms with Crippen molar-refractivity contribution in [3.8, 4) is 0 Å². The number of benzene rings is 2. The van der Waals surface area contributed by atoms with E-state index in [9.17, 15) is 0 Å². The quantitative estimate of drug-likeness (QED) is 0.325. The highest BCUT2D eigenvalue weighted by Gasteiger charge is 1.94. The average Bonchev–Trinajstić information content (AvgIpc) is 2.35. The van der Waals surface area contributed by atoms with Crippen LogP contribution in [0.1, 0.15) is 5.56 Å². The minimum absolute atomic E-state index is 0.128. The Bertz CT molecular complexity index is 590. The van der Waals surface area contributed by atoms with Crippen LogP contribution < -0.4 is 11.5 Å². The molecule has 0 aliphatic rings. The van der Waals surface area contributed by atoms with E-state index in [1.54, 1.807) is 0 Å². The number of guanidine groups is 1. The van der Waals surface area contributed by atoms with Gasteiger partial charge in [0.15, 0.2) is 5.96 Å². The van der Waals surface area contributed by atoms with Crippen molar-refractivity contribution in [3.05, 3.63) is 58.1 Å². The highest BCUT2D eigenvalue weighted by atomic mass is 16.9. The first-order chi connectivity index (χ1) is 8.99. The maximum atomic E-state index is 8.36. The summed E-state index contributed by atoms with van der Waals surface area (Å²) in [6.07, 6.45) is 0. The van der Waals surface area contributed by atoms with Gasteiger partial charge in [-0.25, -0.2) is 4.99 Å². The summed E-state index contributed by atoms with van der Waals surface area (Å²) in [5, 5.41) is 16.1. The molecule has 0 spiro atoms. The Labute approximate surface area is 109 Å². The lowest BCUT2D eigenvalue weighted by Gasteiger charge is -2.00. The Morgan fingerprint density at radius 2 is 1.79 bits per heavy atom. The monoisotopic (exact) mass is 262 g/mol. The van der Waals surface area contributed by atoms with Crippen molar-refractivity contribution < 1.29 is 10.3 Å². The maximum Gasteiger partial charge on any atom is 0.291 e. The molecular weight excluding hydrogens is 248 g/mol. The van der Waals surface area contributed by atoms with E-state index in [1.807, 2.05) is 18.2 Å². The van der Waals surface area contributed by atoms with Crippen LogP contribution in [0.2, 0.25) is 0 Å². The standard InChI is InChI=1S/C12H13N3.HNO3/c13-12(14)15-8-9-5-6-10-3-1-2-4-11(10)7-9;2-1(3)4/h1-7H,8H2,(H4,13,14,15);(H,2,3,4). The van der Waals surface area contributed by atoms with Crippen molar-refractivity contribution in [2.75, 3.05) is 0 Å². The Kier molecular flexibility index (Phi) is 5.09. The molecule has 7 heteroatoms. The van der Waals surface area contributed by atoms with E-state index in [0.717, 1.165) is 5.56 Å². The van der Waals surface area contributed by atoms with Crippen molar-refractivity contribution in [2.45, 2.75) is 6.54 Å². The van der Waals surface area contributed by atoms with Crippen molar-refractivity contribution in [3.63, 3.8) is 0 Å². The lowest BCUT2D eigenvalue weighted by atomic mass is 10.1. The molecule has 0 unspecified atom stereocenters. The van der Waals surface area contributed by atoms with E-state index in [0.29, 0.717) is 6.54 Å². The zero-order valence-electron chi connectivity index (χ0n) is 10.1. The van der Waals surface area contributed by atoms with Crippen LogP contribution in [0.15, 0.2) is 47.5 Å². The van der Waals surface area contributed by atoms with Gasteiger partial charge in [-0.15, -0.1) is 10.1 Å². The summed E-state index contributed by atoms with van der Waals surface area (Å²) in [6.45, 7) is 0.535. The molecule has 2 aromatic carbocycles. The number of nitrogens with two attached hydrogens (primary N) is 2. The van der Waals surface area contributed by atoms with Crippen LogP contribution >= 0.6 is 0 Å². The lowest BCUT2D eigenvalue weighted by molar-refractivity contribution is -0.742. The van der Waals surface area contributed by atoms with E-state index in [-0.39, 0.29) is 5.96 Å². The topological polar surface area (TPSA) is 128 Å². The molecule has 7 nitrogen and oxygen atoms in total. The summed E-state index contributed by atoms with van der Waals surface area (Å²) in [7, 11) is 0. The third kappa shape index (κ3) is 5.35. The fourth-order valence-corrected chi connectivity index (χ4v) is 1.52. The molecule has 0 saturated heterocycles. The first-order valence-electron chi connectivity index (χ1n) is 5.35. The van der Waals surface area contributed by atoms with Crippen molar-refractivity contribution >= 4 is 16.7 Å². The van der Waals surface area contributed by atoms with Crippen LogP contribution in [-0.2, 0) is 6.54 Å². The van der Waals surface area contributed by atoms with Gasteiger partial charge in [-0.1, -0.05) is 36.4 Å². The van der Waals surface area contributed by atoms with Crippen molar-refractivity contribution in [2.24, 2.45) is 16.5 Å². The SMILES string of the molecule is NC(N)=NCc1ccc2ccccc2c1.O=[N+]([O-])O. The number of nitrogens with zero attached hydrogens (tertiary/aromatic N) is 2. The van der Waals surface area contributed by atoms with E-state index in [1.165, 1.54) is 10.8 Å². The summed E-state index contributed by atoms with van der Waals surface area (Å²) in [6, 6.07) is 14.4. The zero-order chi connectivity index (χ0) is 14.3. The molecule has 0 heterocycles. The van der Waals surface area contributed by atoms with Gasteiger partial charge < -0.3 is 16.7 Å². The molecular formula is C12H14N4O3. The molecule has 0 fully saturated rings. The molecule has 0 amide bonds. The largest absolute Gasteiger partial charge is 0.370 e. The highest BCUT2D eigenvalue weighted by Crippen LogP contribution is 2.15. The molecule has 2 rings (SSSR count). The van der Waals surface area contributed by atoms with E-state index < -0.39 is 5.09 Å². The van der Waals surface area contributed by atoms with Crippen LogP contribution in [0.4, 0.5) is 0 Å². The number of hydrogen-bond acceptors (Lipinski definition) is 3. The molecule has 0 radical (unpaired) electrons. The molecule has 0 aromatic heterocycles. The maximum absolute atomic E-state index is 8.36. The van der Waals surface area contributed by atoms with Gasteiger partial charge >= 0.3 is 0 Å². The van der Waals surface area contributed by atoms with E-state index in [2.05, 4.69) is 29.3 Å². The summed E-state index contributed by atoms with van der Waals surface area (Å²) in [4.78, 5) is 12.3. The minimum atomic E-state index is -1.50. The first-order valence-corrected chi connectivity index (χ1v) is 5.35. The predicted octanol–water partition coefficient (Wildman–Crippen LogP) is 1.27. The molecule has 0 saturated carbocycles. The second-order valence-electron chi connectivity index (χ2n) is 3.66. The van der Waals surface area contributed by atoms with Crippen molar-refractivity contribution in [1.82, 2.24) is 0 Å². The fourth-order valence-electron chi connectivity index (χ4n) is 1.52. The lowest BCUT2D eigenvalue weighted by Crippen LogP contribution is -2.22. The zero-order valence-corrected chi connectivity index (χ0v) is 10.1. The molecule has 0 aliphatic heterocycles.